The fraction of sp³-hybridized carbons (Fsp3) is 0.688. The maximum atomic E-state index is 12.4. The Labute approximate surface area is 126 Å². The molecule has 2 fully saturated rings. The largest absolute Gasteiger partial charge is 0.472 e. The van der Waals surface area contributed by atoms with Gasteiger partial charge in [-0.1, -0.05) is 0 Å². The number of carbonyl (C=O) groups excluding carboxylic acids is 1. The quantitative estimate of drug-likeness (QED) is 0.875. The Bertz CT molecular complexity index is 456. The number of furan rings is 1. The molecule has 1 aromatic heterocycles. The van der Waals surface area contributed by atoms with E-state index in [9.17, 15) is 4.79 Å². The lowest BCUT2D eigenvalue weighted by Gasteiger charge is -2.23. The van der Waals surface area contributed by atoms with E-state index in [1.54, 1.807) is 12.5 Å². The molecular formula is C16H25N3O2. The smallest absolute Gasteiger partial charge is 0.317 e. The molecule has 2 amide bonds. The fourth-order valence-electron chi connectivity index (χ4n) is 2.98. The van der Waals surface area contributed by atoms with Crippen LogP contribution >= 0.6 is 0 Å². The van der Waals surface area contributed by atoms with Crippen molar-refractivity contribution in [3.05, 3.63) is 24.2 Å². The molecule has 5 nitrogen and oxygen atoms in total. The second-order valence-corrected chi connectivity index (χ2v) is 6.28. The zero-order valence-electron chi connectivity index (χ0n) is 12.8. The van der Waals surface area contributed by atoms with Crippen molar-refractivity contribution in [2.75, 3.05) is 26.2 Å². The summed E-state index contributed by atoms with van der Waals surface area (Å²) in [6.45, 7) is 6.67. The van der Waals surface area contributed by atoms with Crippen LogP contribution in [0, 0.1) is 5.92 Å². The third-order valence-corrected chi connectivity index (χ3v) is 4.44. The highest BCUT2D eigenvalue weighted by molar-refractivity contribution is 5.74. The molecule has 0 radical (unpaired) electrons. The van der Waals surface area contributed by atoms with Crippen molar-refractivity contribution in [2.45, 2.75) is 38.8 Å². The normalized spacial score (nSPS) is 22.4. The highest BCUT2D eigenvalue weighted by atomic mass is 16.3. The minimum atomic E-state index is 0.0389. The predicted molar refractivity (Wildman–Crippen MR) is 80.9 cm³/mol. The number of urea groups is 1. The predicted octanol–water partition coefficient (Wildman–Crippen LogP) is 2.30. The van der Waals surface area contributed by atoms with E-state index in [1.165, 1.54) is 19.4 Å². The van der Waals surface area contributed by atoms with E-state index in [0.717, 1.165) is 31.0 Å². The summed E-state index contributed by atoms with van der Waals surface area (Å²) in [4.78, 5) is 16.7. The van der Waals surface area contributed by atoms with Gasteiger partial charge in [0, 0.05) is 37.8 Å². The Hall–Kier alpha value is -1.49. The molecule has 21 heavy (non-hydrogen) atoms. The molecule has 3 rings (SSSR count). The molecule has 2 aliphatic rings. The summed E-state index contributed by atoms with van der Waals surface area (Å²) >= 11 is 0. The van der Waals surface area contributed by atoms with Crippen LogP contribution in [-0.2, 0) is 6.54 Å². The molecule has 1 aliphatic heterocycles. The molecule has 0 bridgehead atoms. The van der Waals surface area contributed by atoms with E-state index < -0.39 is 0 Å². The van der Waals surface area contributed by atoms with Gasteiger partial charge in [-0.15, -0.1) is 0 Å². The molecule has 0 unspecified atom stereocenters. The number of nitrogens with zero attached hydrogens (tertiary/aromatic N) is 2. The molecule has 5 heteroatoms. The molecule has 0 aromatic carbocycles. The molecule has 116 valence electrons. The highest BCUT2D eigenvalue weighted by Crippen LogP contribution is 2.30. The molecule has 1 saturated heterocycles. The molecule has 1 saturated carbocycles. The van der Waals surface area contributed by atoms with Crippen LogP contribution in [0.1, 0.15) is 31.7 Å². The summed E-state index contributed by atoms with van der Waals surface area (Å²) in [6.07, 6.45) is 7.20. The van der Waals surface area contributed by atoms with E-state index in [0.29, 0.717) is 19.1 Å². The Morgan fingerprint density at radius 3 is 3.00 bits per heavy atom. The first-order chi connectivity index (χ1) is 10.2. The van der Waals surface area contributed by atoms with Gasteiger partial charge >= 0.3 is 6.03 Å². The lowest BCUT2D eigenvalue weighted by molar-refractivity contribution is 0.193. The molecule has 1 aromatic rings. The SMILES string of the molecule is CCN(Cc1ccoc1)C(=O)N[C@H]1CCN(CC2CC2)C1. The Morgan fingerprint density at radius 1 is 1.48 bits per heavy atom. The van der Waals surface area contributed by atoms with Crippen LogP contribution in [0.3, 0.4) is 0 Å². The summed E-state index contributed by atoms with van der Waals surface area (Å²) < 4.78 is 5.06. The third-order valence-electron chi connectivity index (χ3n) is 4.44. The first-order valence-electron chi connectivity index (χ1n) is 8.03. The van der Waals surface area contributed by atoms with Crippen LogP contribution in [0.4, 0.5) is 4.79 Å². The van der Waals surface area contributed by atoms with Crippen molar-refractivity contribution in [3.8, 4) is 0 Å². The van der Waals surface area contributed by atoms with Crippen LogP contribution in [0.2, 0.25) is 0 Å². The van der Waals surface area contributed by atoms with E-state index in [-0.39, 0.29) is 6.03 Å². The molecule has 2 heterocycles. The first-order valence-corrected chi connectivity index (χ1v) is 8.03. The lowest BCUT2D eigenvalue weighted by Crippen LogP contribution is -2.45. The average molecular weight is 291 g/mol. The topological polar surface area (TPSA) is 48.7 Å². The van der Waals surface area contributed by atoms with E-state index >= 15 is 0 Å². The maximum Gasteiger partial charge on any atom is 0.317 e. The number of amides is 2. The summed E-state index contributed by atoms with van der Waals surface area (Å²) in [7, 11) is 0. The second kappa shape index (κ2) is 6.52. The molecular weight excluding hydrogens is 266 g/mol. The van der Waals surface area contributed by atoms with Crippen molar-refractivity contribution in [1.82, 2.24) is 15.1 Å². The van der Waals surface area contributed by atoms with E-state index in [2.05, 4.69) is 10.2 Å². The van der Waals surface area contributed by atoms with Crippen LogP contribution in [-0.4, -0.2) is 48.1 Å². The van der Waals surface area contributed by atoms with Gasteiger partial charge in [0.05, 0.1) is 19.1 Å². The Morgan fingerprint density at radius 2 is 2.33 bits per heavy atom. The second-order valence-electron chi connectivity index (χ2n) is 6.28. The third kappa shape index (κ3) is 4.00. The van der Waals surface area contributed by atoms with Gasteiger partial charge in [-0.2, -0.15) is 0 Å². The fourth-order valence-corrected chi connectivity index (χ4v) is 2.98. The number of nitrogens with one attached hydrogen (secondary N) is 1. The number of likely N-dealkylation sites (tertiary alicyclic amines) is 1. The van der Waals surface area contributed by atoms with Gasteiger partial charge in [-0.25, -0.2) is 4.79 Å². The number of rotatable bonds is 6. The van der Waals surface area contributed by atoms with Gasteiger partial charge in [0.2, 0.25) is 0 Å². The number of hydrogen-bond donors (Lipinski definition) is 1. The van der Waals surface area contributed by atoms with Gasteiger partial charge in [-0.3, -0.25) is 0 Å². The molecule has 0 spiro atoms. The molecule has 1 N–H and O–H groups in total. The van der Waals surface area contributed by atoms with E-state index in [4.69, 9.17) is 4.42 Å². The molecule has 1 atom stereocenters. The summed E-state index contributed by atoms with van der Waals surface area (Å²) in [5, 5.41) is 3.18. The minimum Gasteiger partial charge on any atom is -0.472 e. The Kier molecular flexibility index (Phi) is 4.48. The average Bonchev–Trinajstić information content (AvgIpc) is 2.96. The minimum absolute atomic E-state index is 0.0389. The first kappa shape index (κ1) is 14.4. The van der Waals surface area contributed by atoms with Gasteiger partial charge < -0.3 is 19.5 Å². The van der Waals surface area contributed by atoms with Gasteiger partial charge in [0.1, 0.15) is 0 Å². The summed E-state index contributed by atoms with van der Waals surface area (Å²) in [6, 6.07) is 2.25. The van der Waals surface area contributed by atoms with Crippen molar-refractivity contribution >= 4 is 6.03 Å². The summed E-state index contributed by atoms with van der Waals surface area (Å²) in [5.41, 5.74) is 1.04. The Balaban J connectivity index is 1.45. The zero-order valence-corrected chi connectivity index (χ0v) is 12.8. The zero-order chi connectivity index (χ0) is 14.7. The number of hydrogen-bond acceptors (Lipinski definition) is 3. The van der Waals surface area contributed by atoms with Crippen molar-refractivity contribution in [3.63, 3.8) is 0 Å². The van der Waals surface area contributed by atoms with E-state index in [1.807, 2.05) is 17.9 Å². The van der Waals surface area contributed by atoms with Crippen molar-refractivity contribution < 1.29 is 9.21 Å². The van der Waals surface area contributed by atoms with Crippen LogP contribution in [0.25, 0.3) is 0 Å². The van der Waals surface area contributed by atoms with Crippen LogP contribution < -0.4 is 5.32 Å². The summed E-state index contributed by atoms with van der Waals surface area (Å²) in [5.74, 6) is 0.924. The number of carbonyl (C=O) groups is 1. The van der Waals surface area contributed by atoms with Crippen molar-refractivity contribution in [2.24, 2.45) is 5.92 Å². The maximum absolute atomic E-state index is 12.4. The highest BCUT2D eigenvalue weighted by Gasteiger charge is 2.30. The van der Waals surface area contributed by atoms with Crippen LogP contribution in [0.15, 0.2) is 23.0 Å². The molecule has 1 aliphatic carbocycles. The van der Waals surface area contributed by atoms with Crippen LogP contribution in [0.5, 0.6) is 0 Å². The van der Waals surface area contributed by atoms with Gasteiger partial charge in [0.25, 0.3) is 0 Å². The van der Waals surface area contributed by atoms with Gasteiger partial charge in [0.15, 0.2) is 0 Å². The van der Waals surface area contributed by atoms with Crippen molar-refractivity contribution in [1.29, 1.82) is 0 Å². The standard InChI is InChI=1S/C16H25N3O2/c1-2-19(10-14-6-8-21-12-14)16(20)17-15-5-7-18(11-15)9-13-3-4-13/h6,8,12-13,15H,2-5,7,9-11H2,1H3,(H,17,20)/t15-/m0/s1. The van der Waals surface area contributed by atoms with Gasteiger partial charge in [-0.05, 0) is 38.2 Å². The monoisotopic (exact) mass is 291 g/mol. The lowest BCUT2D eigenvalue weighted by atomic mass is 10.2.